The van der Waals surface area contributed by atoms with Crippen LogP contribution in [0, 0.1) is 5.92 Å². The Balaban J connectivity index is 1.51. The van der Waals surface area contributed by atoms with Crippen LogP contribution in [-0.2, 0) is 11.3 Å². The Kier molecular flexibility index (Phi) is 6.23. The maximum Gasteiger partial charge on any atom is 0.256 e. The fourth-order valence-corrected chi connectivity index (χ4v) is 3.22. The van der Waals surface area contributed by atoms with E-state index in [-0.39, 0.29) is 17.7 Å². The van der Waals surface area contributed by atoms with Crippen LogP contribution in [0.1, 0.15) is 48.0 Å². The van der Waals surface area contributed by atoms with Crippen LogP contribution >= 0.6 is 11.6 Å². The number of rotatable bonds is 5. The molecule has 0 unspecified atom stereocenters. The lowest BCUT2D eigenvalue weighted by molar-refractivity contribution is -0.126. The second-order valence-electron chi connectivity index (χ2n) is 6.57. The highest BCUT2D eigenvalue weighted by Gasteiger charge is 2.20. The topological polar surface area (TPSA) is 71.1 Å². The predicted octanol–water partition coefficient (Wildman–Crippen LogP) is 4.18. The van der Waals surface area contributed by atoms with Gasteiger partial charge in [-0.2, -0.15) is 0 Å². The van der Waals surface area contributed by atoms with Gasteiger partial charge in [0.25, 0.3) is 5.91 Å². The molecule has 0 radical (unpaired) electrons. The fourth-order valence-electron chi connectivity index (χ4n) is 3.11. The van der Waals surface area contributed by atoms with E-state index in [0.717, 1.165) is 31.2 Å². The second kappa shape index (κ2) is 8.81. The van der Waals surface area contributed by atoms with Crippen molar-refractivity contribution in [1.29, 1.82) is 0 Å². The molecule has 136 valence electrons. The molecule has 26 heavy (non-hydrogen) atoms. The first-order chi connectivity index (χ1) is 12.6. The molecular formula is C20H22ClN3O2. The number of carbonyl (C=O) groups excluding carboxylic acids is 2. The van der Waals surface area contributed by atoms with Gasteiger partial charge in [0, 0.05) is 24.2 Å². The molecular weight excluding hydrogens is 350 g/mol. The van der Waals surface area contributed by atoms with E-state index in [1.54, 1.807) is 24.3 Å². The molecule has 3 rings (SSSR count). The van der Waals surface area contributed by atoms with Gasteiger partial charge >= 0.3 is 0 Å². The normalized spacial score (nSPS) is 14.7. The Morgan fingerprint density at radius 1 is 1.04 bits per heavy atom. The maximum absolute atomic E-state index is 12.2. The molecule has 5 nitrogen and oxygen atoms in total. The van der Waals surface area contributed by atoms with Crippen LogP contribution < -0.4 is 10.6 Å². The van der Waals surface area contributed by atoms with Crippen LogP contribution in [0.5, 0.6) is 0 Å². The standard InChI is InChI=1S/C20H22ClN3O2/c21-17-10-11-18(22-13-17)24-20(26)16-8-6-14(7-9-16)12-23-19(25)15-4-2-1-3-5-15/h6-11,13,15H,1-5,12H2,(H,23,25)(H,22,24,26). The van der Waals surface area contributed by atoms with Crippen LogP contribution in [-0.4, -0.2) is 16.8 Å². The Bertz CT molecular complexity index is 754. The van der Waals surface area contributed by atoms with Crippen molar-refractivity contribution < 1.29 is 9.59 Å². The van der Waals surface area contributed by atoms with Gasteiger partial charge in [0.15, 0.2) is 0 Å². The molecule has 0 saturated heterocycles. The highest BCUT2D eigenvalue weighted by molar-refractivity contribution is 6.30. The summed E-state index contributed by atoms with van der Waals surface area (Å²) in [6.07, 6.45) is 6.98. The van der Waals surface area contributed by atoms with Gasteiger partial charge < -0.3 is 10.6 Å². The Hall–Kier alpha value is -2.40. The largest absolute Gasteiger partial charge is 0.352 e. The van der Waals surface area contributed by atoms with Crippen molar-refractivity contribution in [3.63, 3.8) is 0 Å². The van der Waals surface area contributed by atoms with Gasteiger partial charge in [-0.05, 0) is 42.7 Å². The zero-order chi connectivity index (χ0) is 18.4. The number of aromatic nitrogens is 1. The number of hydrogen-bond donors (Lipinski definition) is 2. The summed E-state index contributed by atoms with van der Waals surface area (Å²) in [5.74, 6) is 0.502. The van der Waals surface area contributed by atoms with E-state index in [2.05, 4.69) is 15.6 Å². The third-order valence-corrected chi connectivity index (χ3v) is 4.85. The minimum atomic E-state index is -0.238. The number of benzene rings is 1. The number of pyridine rings is 1. The van der Waals surface area contributed by atoms with Crippen molar-refractivity contribution in [2.24, 2.45) is 5.92 Å². The van der Waals surface area contributed by atoms with Crippen molar-refractivity contribution in [3.05, 3.63) is 58.7 Å². The molecule has 0 aliphatic heterocycles. The third-order valence-electron chi connectivity index (χ3n) is 4.63. The summed E-state index contributed by atoms with van der Waals surface area (Å²) in [5.41, 5.74) is 1.50. The van der Waals surface area contributed by atoms with E-state index in [9.17, 15) is 9.59 Å². The fraction of sp³-hybridized carbons (Fsp3) is 0.350. The summed E-state index contributed by atoms with van der Waals surface area (Å²) < 4.78 is 0. The number of nitrogens with zero attached hydrogens (tertiary/aromatic N) is 1. The number of nitrogens with one attached hydrogen (secondary N) is 2. The molecule has 2 aromatic rings. The van der Waals surface area contributed by atoms with Crippen LogP contribution in [0.15, 0.2) is 42.6 Å². The summed E-state index contributed by atoms with van der Waals surface area (Å²) in [6, 6.07) is 10.5. The van der Waals surface area contributed by atoms with Gasteiger partial charge in [-0.25, -0.2) is 4.98 Å². The minimum Gasteiger partial charge on any atom is -0.352 e. The van der Waals surface area contributed by atoms with Gasteiger partial charge in [0.05, 0.1) is 5.02 Å². The molecule has 0 bridgehead atoms. The molecule has 1 fully saturated rings. The zero-order valence-electron chi connectivity index (χ0n) is 14.5. The van der Waals surface area contributed by atoms with Crippen LogP contribution in [0.25, 0.3) is 0 Å². The maximum atomic E-state index is 12.2. The molecule has 1 aromatic heterocycles. The molecule has 1 aliphatic rings. The molecule has 1 aliphatic carbocycles. The summed E-state index contributed by atoms with van der Waals surface area (Å²) in [7, 11) is 0. The minimum absolute atomic E-state index is 0.139. The van der Waals surface area contributed by atoms with Gasteiger partial charge in [-0.3, -0.25) is 9.59 Å². The molecule has 2 N–H and O–H groups in total. The van der Waals surface area contributed by atoms with E-state index in [4.69, 9.17) is 11.6 Å². The summed E-state index contributed by atoms with van der Waals surface area (Å²) in [4.78, 5) is 28.5. The number of halogens is 1. The molecule has 0 spiro atoms. The van der Waals surface area contributed by atoms with E-state index in [1.807, 2.05) is 12.1 Å². The van der Waals surface area contributed by atoms with Crippen molar-refractivity contribution in [3.8, 4) is 0 Å². The first kappa shape index (κ1) is 18.4. The summed E-state index contributed by atoms with van der Waals surface area (Å²) in [5, 5.41) is 6.24. The van der Waals surface area contributed by atoms with E-state index in [0.29, 0.717) is 22.9 Å². The Morgan fingerprint density at radius 3 is 2.42 bits per heavy atom. The average Bonchev–Trinajstić information content (AvgIpc) is 2.69. The Morgan fingerprint density at radius 2 is 1.77 bits per heavy atom. The highest BCUT2D eigenvalue weighted by atomic mass is 35.5. The van der Waals surface area contributed by atoms with E-state index >= 15 is 0 Å². The van der Waals surface area contributed by atoms with Crippen molar-refractivity contribution in [2.75, 3.05) is 5.32 Å². The first-order valence-electron chi connectivity index (χ1n) is 8.91. The van der Waals surface area contributed by atoms with E-state index in [1.165, 1.54) is 12.6 Å². The van der Waals surface area contributed by atoms with Crippen molar-refractivity contribution in [1.82, 2.24) is 10.3 Å². The number of anilines is 1. The van der Waals surface area contributed by atoms with Gasteiger partial charge in [0.2, 0.25) is 5.91 Å². The molecule has 6 heteroatoms. The average molecular weight is 372 g/mol. The molecule has 2 amide bonds. The zero-order valence-corrected chi connectivity index (χ0v) is 15.3. The van der Waals surface area contributed by atoms with Crippen molar-refractivity contribution in [2.45, 2.75) is 38.6 Å². The van der Waals surface area contributed by atoms with Crippen LogP contribution in [0.2, 0.25) is 5.02 Å². The lowest BCUT2D eigenvalue weighted by atomic mass is 9.88. The third kappa shape index (κ3) is 5.05. The smallest absolute Gasteiger partial charge is 0.256 e. The predicted molar refractivity (Wildman–Crippen MR) is 102 cm³/mol. The van der Waals surface area contributed by atoms with Gasteiger partial charge in [-0.15, -0.1) is 0 Å². The number of amides is 2. The number of hydrogen-bond acceptors (Lipinski definition) is 3. The summed E-state index contributed by atoms with van der Waals surface area (Å²) in [6.45, 7) is 0.482. The Labute approximate surface area is 158 Å². The van der Waals surface area contributed by atoms with Crippen LogP contribution in [0.3, 0.4) is 0 Å². The lowest BCUT2D eigenvalue weighted by Gasteiger charge is -2.20. The molecule has 1 saturated carbocycles. The van der Waals surface area contributed by atoms with E-state index < -0.39 is 0 Å². The quantitative estimate of drug-likeness (QED) is 0.828. The monoisotopic (exact) mass is 371 g/mol. The second-order valence-corrected chi connectivity index (χ2v) is 7.00. The highest BCUT2D eigenvalue weighted by Crippen LogP contribution is 2.23. The summed E-state index contributed by atoms with van der Waals surface area (Å²) >= 11 is 5.78. The molecule has 0 atom stereocenters. The molecule has 1 aromatic carbocycles. The number of carbonyl (C=O) groups is 2. The molecule has 1 heterocycles. The van der Waals surface area contributed by atoms with Gasteiger partial charge in [0.1, 0.15) is 5.82 Å². The lowest BCUT2D eigenvalue weighted by Crippen LogP contribution is -2.31. The van der Waals surface area contributed by atoms with Gasteiger partial charge in [-0.1, -0.05) is 43.0 Å². The first-order valence-corrected chi connectivity index (χ1v) is 9.29. The SMILES string of the molecule is O=C(Nc1ccc(Cl)cn1)c1ccc(CNC(=O)C2CCCCC2)cc1. The van der Waals surface area contributed by atoms with Crippen molar-refractivity contribution >= 4 is 29.2 Å². The van der Waals surface area contributed by atoms with Crippen LogP contribution in [0.4, 0.5) is 5.82 Å².